The Bertz CT molecular complexity index is 744. The Labute approximate surface area is 120 Å². The molecule has 4 heteroatoms. The lowest BCUT2D eigenvalue weighted by molar-refractivity contribution is 0.101. The van der Waals surface area contributed by atoms with E-state index in [2.05, 4.69) is 15.9 Å². The van der Waals surface area contributed by atoms with Gasteiger partial charge in [-0.05, 0) is 38.0 Å². The fraction of sp³-hybridized carbons (Fsp3) is 0.333. The Morgan fingerprint density at radius 3 is 2.53 bits per heavy atom. The highest BCUT2D eigenvalue weighted by atomic mass is 79.9. The van der Waals surface area contributed by atoms with Crippen molar-refractivity contribution in [1.29, 1.82) is 0 Å². The third-order valence-corrected chi connectivity index (χ3v) is 4.33. The second-order valence-electron chi connectivity index (χ2n) is 4.72. The Balaban J connectivity index is 3.03. The SMILES string of the molecule is CCc1cc2c(=O)c(C(C)=O)c(C)n(C)c2cc1Br. The number of ketones is 1. The summed E-state index contributed by atoms with van der Waals surface area (Å²) in [5, 5.41) is 0.610. The van der Waals surface area contributed by atoms with Gasteiger partial charge in [0.2, 0.25) is 0 Å². The number of Topliss-reactive ketones (excluding diaryl/α,β-unsaturated/α-hetero) is 1. The fourth-order valence-corrected chi connectivity index (χ4v) is 3.01. The van der Waals surface area contributed by atoms with E-state index in [1.807, 2.05) is 30.7 Å². The first kappa shape index (κ1) is 14.0. The van der Waals surface area contributed by atoms with Crippen LogP contribution in [0, 0.1) is 6.92 Å². The molecular formula is C15H16BrNO2. The number of carbonyl (C=O) groups excluding carboxylic acids is 1. The van der Waals surface area contributed by atoms with Crippen LogP contribution in [0.3, 0.4) is 0 Å². The molecule has 0 aliphatic heterocycles. The van der Waals surface area contributed by atoms with E-state index in [0.29, 0.717) is 16.6 Å². The number of fused-ring (bicyclic) bond motifs is 1. The number of aryl methyl sites for hydroxylation is 2. The molecule has 0 aliphatic carbocycles. The van der Waals surface area contributed by atoms with E-state index in [1.54, 1.807) is 6.92 Å². The van der Waals surface area contributed by atoms with E-state index in [4.69, 9.17) is 0 Å². The van der Waals surface area contributed by atoms with Gasteiger partial charge in [-0.3, -0.25) is 9.59 Å². The Morgan fingerprint density at radius 2 is 2.00 bits per heavy atom. The standard InChI is InChI=1S/C15H16BrNO2/c1-5-10-6-11-13(7-12(10)16)17(4)8(2)14(9(3)18)15(11)19/h6-7H,5H2,1-4H3. The van der Waals surface area contributed by atoms with E-state index in [1.165, 1.54) is 6.92 Å². The van der Waals surface area contributed by atoms with Crippen LogP contribution in [0.5, 0.6) is 0 Å². The Morgan fingerprint density at radius 1 is 1.37 bits per heavy atom. The van der Waals surface area contributed by atoms with Crippen LogP contribution in [0.2, 0.25) is 0 Å². The summed E-state index contributed by atoms with van der Waals surface area (Å²) in [7, 11) is 1.88. The van der Waals surface area contributed by atoms with Crippen LogP contribution < -0.4 is 5.43 Å². The lowest BCUT2D eigenvalue weighted by atomic mass is 10.0. The van der Waals surface area contributed by atoms with E-state index in [0.717, 1.165) is 22.0 Å². The lowest BCUT2D eigenvalue weighted by Crippen LogP contribution is -2.20. The molecule has 0 atom stereocenters. The third kappa shape index (κ3) is 2.14. The number of pyridine rings is 1. The van der Waals surface area contributed by atoms with Gasteiger partial charge in [0.25, 0.3) is 0 Å². The molecule has 19 heavy (non-hydrogen) atoms. The monoisotopic (exact) mass is 321 g/mol. The topological polar surface area (TPSA) is 39.1 Å². The number of hydrogen-bond donors (Lipinski definition) is 0. The van der Waals surface area contributed by atoms with Crippen LogP contribution >= 0.6 is 15.9 Å². The molecule has 0 amide bonds. The normalized spacial score (nSPS) is 11.0. The maximum atomic E-state index is 12.5. The molecular weight excluding hydrogens is 306 g/mol. The summed E-state index contributed by atoms with van der Waals surface area (Å²) in [6.07, 6.45) is 0.836. The van der Waals surface area contributed by atoms with Crippen LogP contribution in [0.1, 0.15) is 35.5 Å². The van der Waals surface area contributed by atoms with Crippen molar-refractivity contribution in [3.63, 3.8) is 0 Å². The van der Waals surface area contributed by atoms with Crippen LogP contribution in [-0.2, 0) is 13.5 Å². The van der Waals surface area contributed by atoms with Gasteiger partial charge in [0.05, 0.1) is 11.1 Å². The first-order valence-corrected chi connectivity index (χ1v) is 7.00. The minimum Gasteiger partial charge on any atom is -0.347 e. The number of halogens is 1. The Hall–Kier alpha value is -1.42. The van der Waals surface area contributed by atoms with E-state index < -0.39 is 0 Å². The molecule has 0 radical (unpaired) electrons. The first-order chi connectivity index (χ1) is 8.88. The highest BCUT2D eigenvalue weighted by molar-refractivity contribution is 9.10. The van der Waals surface area contributed by atoms with Gasteiger partial charge in [-0.2, -0.15) is 0 Å². The predicted octanol–water partition coefficient (Wildman–Crippen LogP) is 3.37. The number of nitrogens with zero attached hydrogens (tertiary/aromatic N) is 1. The highest BCUT2D eigenvalue weighted by Crippen LogP contribution is 2.24. The number of hydrogen-bond acceptors (Lipinski definition) is 2. The largest absolute Gasteiger partial charge is 0.347 e. The van der Waals surface area contributed by atoms with Crippen molar-refractivity contribution in [1.82, 2.24) is 4.57 Å². The van der Waals surface area contributed by atoms with E-state index in [-0.39, 0.29) is 11.2 Å². The molecule has 1 aromatic heterocycles. The third-order valence-electron chi connectivity index (χ3n) is 3.60. The van der Waals surface area contributed by atoms with Crippen molar-refractivity contribution < 1.29 is 4.79 Å². The van der Waals surface area contributed by atoms with Crippen molar-refractivity contribution in [3.8, 4) is 0 Å². The molecule has 0 saturated heterocycles. The molecule has 0 unspecified atom stereocenters. The summed E-state index contributed by atoms with van der Waals surface area (Å²) in [5.41, 5.74) is 2.75. The molecule has 0 saturated carbocycles. The molecule has 0 spiro atoms. The van der Waals surface area contributed by atoms with E-state index in [9.17, 15) is 9.59 Å². The van der Waals surface area contributed by atoms with Crippen molar-refractivity contribution >= 4 is 32.6 Å². The molecule has 1 heterocycles. The summed E-state index contributed by atoms with van der Waals surface area (Å²) in [5.74, 6) is -0.180. The summed E-state index contributed by atoms with van der Waals surface area (Å²) in [6.45, 7) is 5.28. The van der Waals surface area contributed by atoms with E-state index >= 15 is 0 Å². The van der Waals surface area contributed by atoms with Crippen molar-refractivity contribution in [3.05, 3.63) is 43.6 Å². The summed E-state index contributed by atoms with van der Waals surface area (Å²) in [4.78, 5) is 24.2. The van der Waals surface area contributed by atoms with Gasteiger partial charge in [0.15, 0.2) is 11.2 Å². The van der Waals surface area contributed by atoms with Gasteiger partial charge in [-0.25, -0.2) is 0 Å². The van der Waals surface area contributed by atoms with Gasteiger partial charge in [-0.15, -0.1) is 0 Å². The van der Waals surface area contributed by atoms with Crippen LogP contribution in [0.15, 0.2) is 21.4 Å². The predicted molar refractivity (Wildman–Crippen MR) is 81.0 cm³/mol. The van der Waals surface area contributed by atoms with Crippen molar-refractivity contribution in [2.24, 2.45) is 7.05 Å². The van der Waals surface area contributed by atoms with Gasteiger partial charge in [0, 0.05) is 22.6 Å². The highest BCUT2D eigenvalue weighted by Gasteiger charge is 2.16. The van der Waals surface area contributed by atoms with Crippen molar-refractivity contribution in [2.75, 3.05) is 0 Å². The molecule has 1 aromatic carbocycles. The summed E-state index contributed by atoms with van der Waals surface area (Å²) in [6, 6.07) is 3.83. The van der Waals surface area contributed by atoms with Crippen LogP contribution in [-0.4, -0.2) is 10.4 Å². The molecule has 0 aliphatic rings. The van der Waals surface area contributed by atoms with Gasteiger partial charge in [-0.1, -0.05) is 22.9 Å². The first-order valence-electron chi connectivity index (χ1n) is 6.21. The van der Waals surface area contributed by atoms with Crippen molar-refractivity contribution in [2.45, 2.75) is 27.2 Å². The second-order valence-corrected chi connectivity index (χ2v) is 5.57. The Kier molecular flexibility index (Phi) is 3.63. The molecule has 0 fully saturated rings. The number of carbonyl (C=O) groups is 1. The minimum atomic E-state index is -0.180. The number of rotatable bonds is 2. The van der Waals surface area contributed by atoms with Crippen LogP contribution in [0.4, 0.5) is 0 Å². The quantitative estimate of drug-likeness (QED) is 0.795. The zero-order valence-electron chi connectivity index (χ0n) is 11.5. The fourth-order valence-electron chi connectivity index (χ4n) is 2.40. The summed E-state index contributed by atoms with van der Waals surface area (Å²) >= 11 is 3.53. The molecule has 100 valence electrons. The molecule has 2 rings (SSSR count). The van der Waals surface area contributed by atoms with Gasteiger partial charge in [0.1, 0.15) is 0 Å². The van der Waals surface area contributed by atoms with Crippen LogP contribution in [0.25, 0.3) is 10.9 Å². The zero-order valence-corrected chi connectivity index (χ0v) is 13.1. The maximum absolute atomic E-state index is 12.5. The maximum Gasteiger partial charge on any atom is 0.200 e. The average molecular weight is 322 g/mol. The summed E-state index contributed by atoms with van der Waals surface area (Å²) < 4.78 is 2.89. The van der Waals surface area contributed by atoms with Gasteiger partial charge >= 0.3 is 0 Å². The zero-order chi connectivity index (χ0) is 14.3. The lowest BCUT2D eigenvalue weighted by Gasteiger charge is -2.14. The molecule has 0 bridgehead atoms. The molecule has 2 aromatic rings. The number of benzene rings is 1. The molecule has 3 nitrogen and oxygen atoms in total. The minimum absolute atomic E-state index is 0.166. The number of aromatic nitrogens is 1. The smallest absolute Gasteiger partial charge is 0.200 e. The van der Waals surface area contributed by atoms with Gasteiger partial charge < -0.3 is 4.57 Å². The second kappa shape index (κ2) is 4.93. The molecule has 0 N–H and O–H groups in total. The average Bonchev–Trinajstić information content (AvgIpc) is 2.35.